The summed E-state index contributed by atoms with van der Waals surface area (Å²) < 4.78 is 0. The molecule has 0 aliphatic carbocycles. The lowest BCUT2D eigenvalue weighted by Crippen LogP contribution is -2.42. The first-order valence-corrected chi connectivity index (χ1v) is 11.7. The summed E-state index contributed by atoms with van der Waals surface area (Å²) in [5, 5.41) is 2.45. The second-order valence-corrected chi connectivity index (χ2v) is 10.9. The zero-order valence-corrected chi connectivity index (χ0v) is 19.6. The van der Waals surface area contributed by atoms with Crippen molar-refractivity contribution in [2.24, 2.45) is 4.99 Å². The fourth-order valence-electron chi connectivity index (χ4n) is 4.87. The summed E-state index contributed by atoms with van der Waals surface area (Å²) in [5.74, 6) is 0. The van der Waals surface area contributed by atoms with Crippen LogP contribution in [0, 0.1) is 0 Å². The molecule has 3 aliphatic heterocycles. The summed E-state index contributed by atoms with van der Waals surface area (Å²) in [7, 11) is 2.14. The summed E-state index contributed by atoms with van der Waals surface area (Å²) in [6.45, 7) is 9.91. The Morgan fingerprint density at radius 1 is 1.23 bits per heavy atom. The maximum atomic E-state index is 6.98. The molecule has 5 rings (SSSR count). The molecule has 4 nitrogen and oxygen atoms in total. The number of fused-ring (bicyclic) bond motifs is 2. The van der Waals surface area contributed by atoms with Gasteiger partial charge < -0.3 is 9.80 Å². The summed E-state index contributed by atoms with van der Waals surface area (Å²) in [6.07, 6.45) is 4.19. The van der Waals surface area contributed by atoms with E-state index in [9.17, 15) is 0 Å². The van der Waals surface area contributed by atoms with E-state index in [1.165, 1.54) is 16.8 Å². The van der Waals surface area contributed by atoms with Gasteiger partial charge in [-0.05, 0) is 56.2 Å². The fraction of sp³-hybridized carbons (Fsp3) is 0.417. The topological polar surface area (TPSA) is 31.7 Å². The van der Waals surface area contributed by atoms with Crippen LogP contribution >= 0.6 is 23.4 Å². The zero-order valence-electron chi connectivity index (χ0n) is 18.1. The Kier molecular flexibility index (Phi) is 4.67. The highest BCUT2D eigenvalue weighted by atomic mass is 35.5. The second-order valence-electron chi connectivity index (χ2n) is 9.07. The molecular weight excluding hydrogens is 412 g/mol. The molecule has 3 atom stereocenters. The largest absolute Gasteiger partial charge is 0.365 e. The van der Waals surface area contributed by atoms with Crippen LogP contribution in [0.1, 0.15) is 56.6 Å². The van der Waals surface area contributed by atoms with Crippen LogP contribution in [0.4, 0.5) is 5.69 Å². The molecule has 0 N–H and O–H groups in total. The van der Waals surface area contributed by atoms with E-state index in [2.05, 4.69) is 73.8 Å². The molecule has 156 valence electrons. The molecule has 0 bridgehead atoms. The van der Waals surface area contributed by atoms with Crippen molar-refractivity contribution in [1.29, 1.82) is 0 Å². The van der Waals surface area contributed by atoms with Gasteiger partial charge in [-0.15, -0.1) is 0 Å². The number of benzene rings is 1. The van der Waals surface area contributed by atoms with Gasteiger partial charge in [0.25, 0.3) is 0 Å². The molecule has 1 fully saturated rings. The minimum absolute atomic E-state index is 0.0386. The van der Waals surface area contributed by atoms with Crippen molar-refractivity contribution in [2.45, 2.75) is 50.6 Å². The van der Waals surface area contributed by atoms with Gasteiger partial charge in [-0.25, -0.2) is 0 Å². The number of likely N-dealkylation sites (N-methyl/N-ethyl adjacent to an activating group) is 1. The number of hydrogen-bond acceptors (Lipinski definition) is 5. The third kappa shape index (κ3) is 3.05. The highest BCUT2D eigenvalue weighted by Gasteiger charge is 2.44. The Morgan fingerprint density at radius 3 is 2.77 bits per heavy atom. The molecule has 0 spiro atoms. The molecule has 0 radical (unpaired) electrons. The van der Waals surface area contributed by atoms with E-state index in [-0.39, 0.29) is 17.6 Å². The molecule has 3 aliphatic rings. The number of anilines is 1. The predicted octanol–water partition coefficient (Wildman–Crippen LogP) is 5.96. The van der Waals surface area contributed by atoms with Crippen LogP contribution in [-0.2, 0) is 0 Å². The van der Waals surface area contributed by atoms with E-state index in [1.807, 2.05) is 30.1 Å². The van der Waals surface area contributed by atoms with Crippen LogP contribution in [0.2, 0.25) is 5.02 Å². The van der Waals surface area contributed by atoms with Gasteiger partial charge >= 0.3 is 0 Å². The Balaban J connectivity index is 1.65. The Morgan fingerprint density at radius 2 is 2.03 bits per heavy atom. The molecule has 1 aromatic carbocycles. The van der Waals surface area contributed by atoms with E-state index >= 15 is 0 Å². The summed E-state index contributed by atoms with van der Waals surface area (Å²) in [6, 6.07) is 10.5. The predicted molar refractivity (Wildman–Crippen MR) is 128 cm³/mol. The smallest absolute Gasteiger partial charge is 0.160 e. The number of aliphatic imine (C=N–C) groups is 1. The highest BCUT2D eigenvalue weighted by Crippen LogP contribution is 2.51. The van der Waals surface area contributed by atoms with Crippen LogP contribution in [0.25, 0.3) is 5.57 Å². The Labute approximate surface area is 188 Å². The van der Waals surface area contributed by atoms with E-state index in [1.54, 1.807) is 0 Å². The third-order valence-electron chi connectivity index (χ3n) is 6.54. The number of aromatic nitrogens is 1. The summed E-state index contributed by atoms with van der Waals surface area (Å²) in [4.78, 5) is 14.5. The van der Waals surface area contributed by atoms with E-state index in [0.717, 1.165) is 28.0 Å². The number of hydrogen-bond donors (Lipinski definition) is 0. The average Bonchev–Trinajstić information content (AvgIpc) is 3.22. The van der Waals surface area contributed by atoms with Crippen LogP contribution in [0.15, 0.2) is 47.6 Å². The van der Waals surface area contributed by atoms with Gasteiger partial charge in [0, 0.05) is 41.3 Å². The number of amidine groups is 1. The first kappa shape index (κ1) is 20.0. The molecule has 0 unspecified atom stereocenters. The lowest BCUT2D eigenvalue weighted by molar-refractivity contribution is 0.321. The van der Waals surface area contributed by atoms with Crippen molar-refractivity contribution in [3.63, 3.8) is 0 Å². The first-order chi connectivity index (χ1) is 14.3. The van der Waals surface area contributed by atoms with E-state index < -0.39 is 0 Å². The molecular formula is C24H27ClN4S. The molecule has 6 heteroatoms. The van der Waals surface area contributed by atoms with Gasteiger partial charge in [0.1, 0.15) is 6.04 Å². The van der Waals surface area contributed by atoms with Gasteiger partial charge in [0.15, 0.2) is 5.17 Å². The van der Waals surface area contributed by atoms with Crippen molar-refractivity contribution >= 4 is 39.8 Å². The SMILES string of the molecule is CC1=CC(C)(C)N(C)c2cc(Cl)c([C@@H]3[C@@H](c4ccccn4)N=C4S[C@H](C)CN43)cc21. The number of thioether (sulfide) groups is 1. The molecule has 0 amide bonds. The maximum Gasteiger partial charge on any atom is 0.160 e. The minimum Gasteiger partial charge on any atom is -0.365 e. The normalized spacial score (nSPS) is 26.9. The zero-order chi connectivity index (χ0) is 21.2. The highest BCUT2D eigenvalue weighted by molar-refractivity contribution is 8.14. The standard InChI is InChI=1S/C24H27ClN4S/c1-14-12-24(3,4)28(5)20-11-18(25)17(10-16(14)20)22-21(19-8-6-7-9-26-19)27-23-29(22)13-15(2)30-23/h6-12,15,21-22H,13H2,1-5H3/t15-,21-,22-/m1/s1. The lowest BCUT2D eigenvalue weighted by atomic mass is 9.86. The van der Waals surface area contributed by atoms with Gasteiger partial charge in [-0.3, -0.25) is 9.98 Å². The van der Waals surface area contributed by atoms with Crippen molar-refractivity contribution in [2.75, 3.05) is 18.5 Å². The molecule has 0 saturated carbocycles. The van der Waals surface area contributed by atoms with Gasteiger partial charge in [-0.1, -0.05) is 42.4 Å². The molecule has 30 heavy (non-hydrogen) atoms. The minimum atomic E-state index is -0.0428. The number of allylic oxidation sites excluding steroid dienone is 1. The maximum absolute atomic E-state index is 6.98. The molecule has 1 saturated heterocycles. The van der Waals surface area contributed by atoms with Crippen LogP contribution in [-0.4, -0.2) is 39.4 Å². The van der Waals surface area contributed by atoms with E-state index in [0.29, 0.717) is 5.25 Å². The van der Waals surface area contributed by atoms with E-state index in [4.69, 9.17) is 16.6 Å². The van der Waals surface area contributed by atoms with Crippen molar-refractivity contribution < 1.29 is 0 Å². The Bertz CT molecular complexity index is 1060. The number of nitrogens with zero attached hydrogens (tertiary/aromatic N) is 4. The van der Waals surface area contributed by atoms with Crippen molar-refractivity contribution in [3.05, 3.63) is 64.4 Å². The molecule has 2 aromatic rings. The summed E-state index contributed by atoms with van der Waals surface area (Å²) >= 11 is 8.83. The third-order valence-corrected chi connectivity index (χ3v) is 7.96. The second kappa shape index (κ2) is 7.03. The molecule has 4 heterocycles. The number of pyridine rings is 1. The van der Waals surface area contributed by atoms with Gasteiger partial charge in [0.05, 0.1) is 17.3 Å². The molecule has 1 aromatic heterocycles. The van der Waals surface area contributed by atoms with Gasteiger partial charge in [-0.2, -0.15) is 0 Å². The Hall–Kier alpha value is -1.98. The first-order valence-electron chi connectivity index (χ1n) is 10.5. The monoisotopic (exact) mass is 438 g/mol. The summed E-state index contributed by atoms with van der Waals surface area (Å²) in [5.41, 5.74) is 5.83. The van der Waals surface area contributed by atoms with Crippen LogP contribution < -0.4 is 4.90 Å². The quantitative estimate of drug-likeness (QED) is 0.579. The van der Waals surface area contributed by atoms with Crippen molar-refractivity contribution in [1.82, 2.24) is 9.88 Å². The lowest BCUT2D eigenvalue weighted by Gasteiger charge is -2.41. The number of rotatable bonds is 2. The van der Waals surface area contributed by atoms with Crippen LogP contribution in [0.5, 0.6) is 0 Å². The number of halogens is 1. The van der Waals surface area contributed by atoms with Crippen molar-refractivity contribution in [3.8, 4) is 0 Å². The van der Waals surface area contributed by atoms with Crippen LogP contribution in [0.3, 0.4) is 0 Å². The van der Waals surface area contributed by atoms with Gasteiger partial charge in [0.2, 0.25) is 0 Å². The average molecular weight is 439 g/mol. The fourth-order valence-corrected chi connectivity index (χ4v) is 6.23.